The highest BCUT2D eigenvalue weighted by Crippen LogP contribution is 2.25. The Hall–Kier alpha value is -1.79. The van der Waals surface area contributed by atoms with Crippen molar-refractivity contribution < 1.29 is 24.3 Å². The summed E-state index contributed by atoms with van der Waals surface area (Å²) in [6, 6.07) is 7.97. The summed E-state index contributed by atoms with van der Waals surface area (Å²) in [7, 11) is 0. The Kier molecular flexibility index (Phi) is 7.52. The minimum atomic E-state index is -0.524. The molecule has 1 aliphatic heterocycles. The maximum Gasteiger partial charge on any atom is 0.410 e. The lowest BCUT2D eigenvalue weighted by Gasteiger charge is -2.32. The average Bonchev–Trinajstić information content (AvgIpc) is 2.61. The van der Waals surface area contributed by atoms with Crippen LogP contribution in [-0.2, 0) is 4.74 Å². The van der Waals surface area contributed by atoms with Crippen LogP contribution in [0.1, 0.15) is 32.3 Å². The van der Waals surface area contributed by atoms with Gasteiger partial charge in [-0.3, -0.25) is 4.90 Å². The van der Waals surface area contributed by atoms with Crippen LogP contribution in [0.15, 0.2) is 24.3 Å². The van der Waals surface area contributed by atoms with E-state index in [1.807, 2.05) is 25.1 Å². The summed E-state index contributed by atoms with van der Waals surface area (Å²) in [5.74, 6) is 1.23. The summed E-state index contributed by atoms with van der Waals surface area (Å²) in [6.45, 7) is 10.4. The summed E-state index contributed by atoms with van der Waals surface area (Å²) < 4.78 is 10.9. The Morgan fingerprint density at radius 2 is 1.96 bits per heavy atom. The van der Waals surface area contributed by atoms with Gasteiger partial charge in [-0.05, 0) is 24.5 Å². The molecule has 0 spiro atoms. The van der Waals surface area contributed by atoms with Gasteiger partial charge in [0.05, 0.1) is 32.8 Å². The fourth-order valence-electron chi connectivity index (χ4n) is 3.09. The van der Waals surface area contributed by atoms with E-state index in [0.29, 0.717) is 32.2 Å². The lowest BCUT2D eigenvalue weighted by molar-refractivity contribution is -0.907. The predicted molar refractivity (Wildman–Crippen MR) is 96.2 cm³/mol. The number of amides is 1. The van der Waals surface area contributed by atoms with Crippen LogP contribution in [0.3, 0.4) is 0 Å². The first-order valence-electron chi connectivity index (χ1n) is 9.16. The average molecular weight is 351 g/mol. The summed E-state index contributed by atoms with van der Waals surface area (Å²) in [4.78, 5) is 14.7. The van der Waals surface area contributed by atoms with E-state index in [1.165, 1.54) is 4.90 Å². The number of carbonyl (C=O) groups excluding carboxylic acids is 1. The van der Waals surface area contributed by atoms with Gasteiger partial charge in [-0.25, -0.2) is 4.79 Å². The molecule has 1 saturated heterocycles. The second-order valence-corrected chi connectivity index (χ2v) is 6.80. The number of piperazine rings is 1. The van der Waals surface area contributed by atoms with Gasteiger partial charge >= 0.3 is 6.09 Å². The Bertz CT molecular complexity index is 542. The van der Waals surface area contributed by atoms with E-state index in [1.54, 1.807) is 4.90 Å². The molecule has 0 bridgehead atoms. The molecule has 1 atom stereocenters. The van der Waals surface area contributed by atoms with E-state index in [9.17, 15) is 9.90 Å². The number of carbonyl (C=O) groups is 1. The van der Waals surface area contributed by atoms with Gasteiger partial charge in [0, 0.05) is 0 Å². The Morgan fingerprint density at radius 1 is 1.28 bits per heavy atom. The lowest BCUT2D eigenvalue weighted by Crippen LogP contribution is -3.16. The third kappa shape index (κ3) is 5.90. The van der Waals surface area contributed by atoms with Crippen molar-refractivity contribution in [1.29, 1.82) is 0 Å². The molecule has 1 fully saturated rings. The fourth-order valence-corrected chi connectivity index (χ4v) is 3.09. The summed E-state index contributed by atoms with van der Waals surface area (Å²) in [5.41, 5.74) is 1.16. The summed E-state index contributed by atoms with van der Waals surface area (Å²) >= 11 is 0. The largest absolute Gasteiger partial charge is 0.490 e. The van der Waals surface area contributed by atoms with E-state index in [-0.39, 0.29) is 12.7 Å². The standard InChI is InChI=1S/C19H30N2O4/c1-4-24-19(23)21-11-9-20(10-12-21)13-16(22)14-25-18-8-6-5-7-17(18)15(2)3/h5-8,15-16,22H,4,9-14H2,1-3H3/p+1/t16-/m0/s1. The zero-order valence-corrected chi connectivity index (χ0v) is 15.5. The molecule has 2 rings (SSSR count). The van der Waals surface area contributed by atoms with Crippen molar-refractivity contribution in [1.82, 2.24) is 4.90 Å². The molecule has 0 saturated carbocycles. The third-order valence-electron chi connectivity index (χ3n) is 4.49. The Balaban J connectivity index is 1.75. The quantitative estimate of drug-likeness (QED) is 0.766. The van der Waals surface area contributed by atoms with E-state index in [2.05, 4.69) is 19.9 Å². The van der Waals surface area contributed by atoms with Crippen molar-refractivity contribution in [2.75, 3.05) is 45.9 Å². The number of nitrogens with zero attached hydrogens (tertiary/aromatic N) is 1. The molecule has 2 N–H and O–H groups in total. The highest BCUT2D eigenvalue weighted by molar-refractivity contribution is 5.67. The molecule has 1 amide bonds. The van der Waals surface area contributed by atoms with Gasteiger partial charge in [0.2, 0.25) is 0 Å². The highest BCUT2D eigenvalue weighted by Gasteiger charge is 2.26. The normalized spacial score (nSPS) is 16.8. The monoisotopic (exact) mass is 351 g/mol. The van der Waals surface area contributed by atoms with Gasteiger partial charge in [0.1, 0.15) is 25.0 Å². The first-order valence-corrected chi connectivity index (χ1v) is 9.16. The molecule has 1 heterocycles. The van der Waals surface area contributed by atoms with Gasteiger partial charge in [0.15, 0.2) is 0 Å². The van der Waals surface area contributed by atoms with Crippen molar-refractivity contribution >= 4 is 6.09 Å². The van der Waals surface area contributed by atoms with Crippen LogP contribution in [0, 0.1) is 0 Å². The summed E-state index contributed by atoms with van der Waals surface area (Å²) in [6.07, 6.45) is -0.764. The maximum atomic E-state index is 11.7. The number of quaternary nitrogens is 1. The minimum absolute atomic E-state index is 0.240. The van der Waals surface area contributed by atoms with E-state index in [4.69, 9.17) is 9.47 Å². The Labute approximate surface area is 150 Å². The number of hydrogen-bond donors (Lipinski definition) is 2. The van der Waals surface area contributed by atoms with Gasteiger partial charge < -0.3 is 19.5 Å². The van der Waals surface area contributed by atoms with Crippen molar-refractivity contribution in [2.24, 2.45) is 0 Å². The molecule has 0 radical (unpaired) electrons. The third-order valence-corrected chi connectivity index (χ3v) is 4.49. The predicted octanol–water partition coefficient (Wildman–Crippen LogP) is 0.907. The molecule has 140 valence electrons. The van der Waals surface area contributed by atoms with Crippen molar-refractivity contribution in [3.63, 3.8) is 0 Å². The molecular formula is C19H31N2O4+. The number of hydrogen-bond acceptors (Lipinski definition) is 4. The first-order chi connectivity index (χ1) is 12.0. The lowest BCUT2D eigenvalue weighted by atomic mass is 10.0. The smallest absolute Gasteiger partial charge is 0.410 e. The van der Waals surface area contributed by atoms with Gasteiger partial charge in [-0.2, -0.15) is 0 Å². The van der Waals surface area contributed by atoms with Crippen molar-refractivity contribution in [3.05, 3.63) is 29.8 Å². The maximum absolute atomic E-state index is 11.7. The SMILES string of the molecule is CCOC(=O)N1CC[NH+](C[C@H](O)COc2ccccc2C(C)C)CC1. The number of rotatable bonds is 7. The zero-order valence-electron chi connectivity index (χ0n) is 15.5. The minimum Gasteiger partial charge on any atom is -0.490 e. The highest BCUT2D eigenvalue weighted by atomic mass is 16.6. The molecule has 0 unspecified atom stereocenters. The Morgan fingerprint density at radius 3 is 2.60 bits per heavy atom. The van der Waals surface area contributed by atoms with Crippen LogP contribution >= 0.6 is 0 Å². The van der Waals surface area contributed by atoms with Crippen LogP contribution in [0.5, 0.6) is 5.75 Å². The van der Waals surface area contributed by atoms with E-state index >= 15 is 0 Å². The van der Waals surface area contributed by atoms with E-state index < -0.39 is 6.10 Å². The fraction of sp³-hybridized carbons (Fsp3) is 0.632. The van der Waals surface area contributed by atoms with Crippen LogP contribution in [-0.4, -0.2) is 68.1 Å². The number of benzene rings is 1. The number of aliphatic hydroxyl groups excluding tert-OH is 1. The molecule has 6 nitrogen and oxygen atoms in total. The topological polar surface area (TPSA) is 63.4 Å². The van der Waals surface area contributed by atoms with Gasteiger partial charge in [-0.1, -0.05) is 32.0 Å². The molecule has 1 aliphatic rings. The molecule has 6 heteroatoms. The zero-order chi connectivity index (χ0) is 18.2. The molecule has 0 aliphatic carbocycles. The van der Waals surface area contributed by atoms with Crippen LogP contribution in [0.25, 0.3) is 0 Å². The summed E-state index contributed by atoms with van der Waals surface area (Å²) in [5, 5.41) is 10.3. The van der Waals surface area contributed by atoms with Crippen LogP contribution in [0.4, 0.5) is 4.79 Å². The van der Waals surface area contributed by atoms with Crippen LogP contribution < -0.4 is 9.64 Å². The van der Waals surface area contributed by atoms with Gasteiger partial charge in [0.25, 0.3) is 0 Å². The number of ether oxygens (including phenoxy) is 2. The molecule has 1 aromatic carbocycles. The number of para-hydroxylation sites is 1. The molecule has 0 aromatic heterocycles. The van der Waals surface area contributed by atoms with E-state index in [0.717, 1.165) is 24.4 Å². The van der Waals surface area contributed by atoms with Crippen molar-refractivity contribution in [2.45, 2.75) is 32.8 Å². The van der Waals surface area contributed by atoms with Crippen molar-refractivity contribution in [3.8, 4) is 5.75 Å². The number of nitrogens with one attached hydrogen (secondary N) is 1. The van der Waals surface area contributed by atoms with Gasteiger partial charge in [-0.15, -0.1) is 0 Å². The second-order valence-electron chi connectivity index (χ2n) is 6.80. The molecule has 25 heavy (non-hydrogen) atoms. The van der Waals surface area contributed by atoms with Crippen LogP contribution in [0.2, 0.25) is 0 Å². The number of aliphatic hydroxyl groups is 1. The second kappa shape index (κ2) is 9.63. The molecule has 1 aromatic rings. The molecular weight excluding hydrogens is 320 g/mol. The first kappa shape index (κ1) is 19.5.